The molecule has 0 radical (unpaired) electrons. The molecule has 2 unspecified atom stereocenters. The molecule has 124 valence electrons. The van der Waals surface area contributed by atoms with E-state index in [0.29, 0.717) is 5.92 Å². The lowest BCUT2D eigenvalue weighted by Gasteiger charge is -2.33. The second kappa shape index (κ2) is 7.60. The van der Waals surface area contributed by atoms with Crippen LogP contribution in [0, 0.1) is 0 Å². The van der Waals surface area contributed by atoms with Gasteiger partial charge in [0.15, 0.2) is 0 Å². The highest BCUT2D eigenvalue weighted by atomic mass is 32.2. The van der Waals surface area contributed by atoms with Crippen LogP contribution >= 0.6 is 0 Å². The lowest BCUT2D eigenvalue weighted by molar-refractivity contribution is 0.420. The first-order valence-corrected chi connectivity index (χ1v) is 10.0. The molecule has 0 saturated carbocycles. The van der Waals surface area contributed by atoms with E-state index in [1.54, 1.807) is 12.1 Å². The van der Waals surface area contributed by atoms with Crippen molar-refractivity contribution in [2.45, 2.75) is 81.9 Å². The summed E-state index contributed by atoms with van der Waals surface area (Å²) in [4.78, 5) is 0.146. The molecule has 2 rings (SSSR count). The summed E-state index contributed by atoms with van der Waals surface area (Å²) in [5.74, 6) is 0.709. The number of hydrogen-bond donors (Lipinski definition) is 1. The van der Waals surface area contributed by atoms with E-state index in [9.17, 15) is 13.0 Å². The van der Waals surface area contributed by atoms with Crippen molar-refractivity contribution >= 4 is 10.1 Å². The first kappa shape index (κ1) is 17.5. The molecule has 0 amide bonds. The average Bonchev–Trinajstić information content (AvgIpc) is 2.49. The van der Waals surface area contributed by atoms with Crippen molar-refractivity contribution in [3.05, 3.63) is 29.3 Å². The fourth-order valence-electron chi connectivity index (χ4n) is 3.77. The van der Waals surface area contributed by atoms with Crippen LogP contribution < -0.4 is 0 Å². The van der Waals surface area contributed by atoms with Crippen LogP contribution in [0.25, 0.3) is 0 Å². The molecule has 0 heterocycles. The maximum absolute atomic E-state index is 11.8. The van der Waals surface area contributed by atoms with Gasteiger partial charge < -0.3 is 0 Å². The Morgan fingerprint density at radius 1 is 1.05 bits per heavy atom. The van der Waals surface area contributed by atoms with Gasteiger partial charge in [-0.25, -0.2) is 0 Å². The number of hydrogen-bond acceptors (Lipinski definition) is 2. The van der Waals surface area contributed by atoms with Crippen molar-refractivity contribution in [2.75, 3.05) is 0 Å². The lowest BCUT2D eigenvalue weighted by Crippen LogP contribution is -2.18. The van der Waals surface area contributed by atoms with Crippen LogP contribution in [-0.4, -0.2) is 13.0 Å². The van der Waals surface area contributed by atoms with Crippen LogP contribution in [0.5, 0.6) is 0 Å². The van der Waals surface area contributed by atoms with Crippen LogP contribution in [0.1, 0.15) is 88.2 Å². The van der Waals surface area contributed by atoms with E-state index in [1.807, 2.05) is 0 Å². The van der Waals surface area contributed by atoms with Gasteiger partial charge in [0.25, 0.3) is 10.1 Å². The Morgan fingerprint density at radius 2 is 1.64 bits per heavy atom. The highest BCUT2D eigenvalue weighted by molar-refractivity contribution is 7.85. The average molecular weight is 324 g/mol. The van der Waals surface area contributed by atoms with Gasteiger partial charge in [0, 0.05) is 0 Å². The third-order valence-corrected chi connectivity index (χ3v) is 5.81. The largest absolute Gasteiger partial charge is 0.294 e. The maximum atomic E-state index is 11.8. The molecule has 3 nitrogen and oxygen atoms in total. The molecular weight excluding hydrogens is 296 g/mol. The van der Waals surface area contributed by atoms with Crippen LogP contribution in [0.3, 0.4) is 0 Å². The first-order chi connectivity index (χ1) is 10.5. The molecule has 0 fully saturated rings. The van der Waals surface area contributed by atoms with E-state index in [2.05, 4.69) is 19.9 Å². The van der Waals surface area contributed by atoms with E-state index >= 15 is 0 Å². The summed E-state index contributed by atoms with van der Waals surface area (Å²) in [7, 11) is -4.15. The van der Waals surface area contributed by atoms with E-state index in [0.717, 1.165) is 56.1 Å². The van der Waals surface area contributed by atoms with E-state index in [1.165, 1.54) is 6.42 Å². The van der Waals surface area contributed by atoms with Gasteiger partial charge in [0.2, 0.25) is 0 Å². The zero-order valence-electron chi connectivity index (χ0n) is 13.7. The Morgan fingerprint density at radius 3 is 2.23 bits per heavy atom. The summed E-state index contributed by atoms with van der Waals surface area (Å²) in [5.41, 5.74) is 2.07. The van der Waals surface area contributed by atoms with E-state index < -0.39 is 10.1 Å². The van der Waals surface area contributed by atoms with Gasteiger partial charge in [-0.15, -0.1) is 0 Å². The monoisotopic (exact) mass is 324 g/mol. The fraction of sp³-hybridized carbons (Fsp3) is 0.667. The lowest BCUT2D eigenvalue weighted by atomic mass is 9.73. The molecule has 0 aromatic heterocycles. The SMILES string of the molecule is CCCCC1CCC(CCCC)c2c1cccc2S(=O)(=O)O. The second-order valence-corrected chi connectivity index (χ2v) is 7.88. The molecule has 2 atom stereocenters. The summed E-state index contributed by atoms with van der Waals surface area (Å²) >= 11 is 0. The van der Waals surface area contributed by atoms with Crippen molar-refractivity contribution in [3.8, 4) is 0 Å². The molecule has 4 heteroatoms. The number of unbranched alkanes of at least 4 members (excludes halogenated alkanes) is 2. The molecule has 0 spiro atoms. The fourth-order valence-corrected chi connectivity index (χ4v) is 4.58. The van der Waals surface area contributed by atoms with Crippen molar-refractivity contribution in [1.82, 2.24) is 0 Å². The highest BCUT2D eigenvalue weighted by Gasteiger charge is 2.31. The zero-order valence-corrected chi connectivity index (χ0v) is 14.5. The molecule has 0 aliphatic heterocycles. The molecule has 22 heavy (non-hydrogen) atoms. The van der Waals surface area contributed by atoms with Gasteiger partial charge in [-0.2, -0.15) is 8.42 Å². The van der Waals surface area contributed by atoms with Gasteiger partial charge in [0.05, 0.1) is 4.90 Å². The van der Waals surface area contributed by atoms with Gasteiger partial charge in [-0.05, 0) is 54.7 Å². The van der Waals surface area contributed by atoms with Crippen LogP contribution in [0.15, 0.2) is 23.1 Å². The summed E-state index contributed by atoms with van der Waals surface area (Å²) < 4.78 is 33.2. The van der Waals surface area contributed by atoms with Gasteiger partial charge >= 0.3 is 0 Å². The van der Waals surface area contributed by atoms with Gasteiger partial charge in [-0.1, -0.05) is 51.7 Å². The first-order valence-electron chi connectivity index (χ1n) is 8.59. The second-order valence-electron chi connectivity index (χ2n) is 6.49. The highest BCUT2D eigenvalue weighted by Crippen LogP contribution is 2.45. The molecule has 0 bridgehead atoms. The summed E-state index contributed by atoms with van der Waals surface area (Å²) in [6.07, 6.45) is 8.82. The van der Waals surface area contributed by atoms with Crippen molar-refractivity contribution in [1.29, 1.82) is 0 Å². The Labute approximate surface area is 134 Å². The molecule has 1 N–H and O–H groups in total. The van der Waals surface area contributed by atoms with Crippen molar-refractivity contribution in [2.24, 2.45) is 0 Å². The summed E-state index contributed by atoms with van der Waals surface area (Å²) in [5, 5.41) is 0. The smallest absolute Gasteiger partial charge is 0.282 e. The molecular formula is C18H28O3S. The van der Waals surface area contributed by atoms with E-state index in [-0.39, 0.29) is 10.8 Å². The minimum absolute atomic E-state index is 0.146. The van der Waals surface area contributed by atoms with Crippen LogP contribution in [0.2, 0.25) is 0 Å². The normalized spacial score (nSPS) is 21.6. The third kappa shape index (κ3) is 3.90. The minimum atomic E-state index is -4.15. The summed E-state index contributed by atoms with van der Waals surface area (Å²) in [6.45, 7) is 4.34. The Hall–Kier alpha value is -0.870. The molecule has 1 aliphatic rings. The van der Waals surface area contributed by atoms with E-state index in [4.69, 9.17) is 0 Å². The van der Waals surface area contributed by atoms with Crippen LogP contribution in [-0.2, 0) is 10.1 Å². The maximum Gasteiger partial charge on any atom is 0.294 e. The van der Waals surface area contributed by atoms with Crippen molar-refractivity contribution < 1.29 is 13.0 Å². The predicted molar refractivity (Wildman–Crippen MR) is 90.0 cm³/mol. The molecule has 1 aromatic rings. The van der Waals surface area contributed by atoms with Crippen LogP contribution in [0.4, 0.5) is 0 Å². The number of fused-ring (bicyclic) bond motifs is 1. The van der Waals surface area contributed by atoms with Gasteiger partial charge in [-0.3, -0.25) is 4.55 Å². The standard InChI is InChI=1S/C18H28O3S/c1-3-5-8-14-12-13-15(9-6-4-2)18-16(14)10-7-11-17(18)22(19,20)21/h7,10-11,14-15H,3-6,8-9,12-13H2,1-2H3,(H,19,20,21). The zero-order chi connectivity index (χ0) is 16.2. The summed E-state index contributed by atoms with van der Waals surface area (Å²) in [6, 6.07) is 5.42. The Balaban J connectivity index is 2.45. The molecule has 1 aliphatic carbocycles. The molecule has 1 aromatic carbocycles. The number of benzene rings is 1. The molecule has 0 saturated heterocycles. The van der Waals surface area contributed by atoms with Crippen molar-refractivity contribution in [3.63, 3.8) is 0 Å². The van der Waals surface area contributed by atoms with Gasteiger partial charge in [0.1, 0.15) is 0 Å². The number of rotatable bonds is 7. The predicted octanol–water partition coefficient (Wildman–Crippen LogP) is 5.27. The topological polar surface area (TPSA) is 54.4 Å². The minimum Gasteiger partial charge on any atom is -0.282 e. The Bertz CT molecular complexity index is 592. The Kier molecular flexibility index (Phi) is 6.04. The third-order valence-electron chi connectivity index (χ3n) is 4.90. The quantitative estimate of drug-likeness (QED) is 0.695.